The summed E-state index contributed by atoms with van der Waals surface area (Å²) in [5, 5.41) is 31.2. The summed E-state index contributed by atoms with van der Waals surface area (Å²) in [6, 6.07) is 1.44. The third-order valence-electron chi connectivity index (χ3n) is 3.14. The first-order valence-electron chi connectivity index (χ1n) is 6.39. The second kappa shape index (κ2) is 6.31. The molecule has 0 saturated carbocycles. The van der Waals surface area contributed by atoms with Crippen LogP contribution in [0, 0.1) is 0 Å². The number of carbonyl (C=O) groups excluding carboxylic acids is 1. The predicted octanol–water partition coefficient (Wildman–Crippen LogP) is -2.14. The van der Waals surface area contributed by atoms with Crippen LogP contribution in [0.4, 0.5) is 5.82 Å². The maximum atomic E-state index is 11.9. The van der Waals surface area contributed by atoms with Crippen molar-refractivity contribution in [3.63, 3.8) is 0 Å². The van der Waals surface area contributed by atoms with Gasteiger partial charge in [0.15, 0.2) is 6.23 Å². The maximum absolute atomic E-state index is 11.9. The summed E-state index contributed by atoms with van der Waals surface area (Å²) in [5.41, 5.74) is -0.710. The summed E-state index contributed by atoms with van der Waals surface area (Å²) >= 11 is 0. The summed E-state index contributed by atoms with van der Waals surface area (Å²) < 4.78 is 6.25. The van der Waals surface area contributed by atoms with E-state index in [1.807, 2.05) is 0 Å². The van der Waals surface area contributed by atoms with Crippen LogP contribution in [0.15, 0.2) is 17.1 Å². The van der Waals surface area contributed by atoms with Crippen molar-refractivity contribution in [2.45, 2.75) is 31.5 Å². The molecule has 2 rings (SSSR count). The van der Waals surface area contributed by atoms with Gasteiger partial charge in [-0.2, -0.15) is 4.98 Å². The van der Waals surface area contributed by atoms with Crippen LogP contribution in [0.5, 0.6) is 0 Å². The van der Waals surface area contributed by atoms with Crippen molar-refractivity contribution in [2.75, 3.05) is 18.5 Å². The van der Waals surface area contributed by atoms with Gasteiger partial charge in [-0.15, -0.1) is 0 Å². The number of aliphatic hydroxyl groups excluding tert-OH is 3. The predicted molar refractivity (Wildman–Crippen MR) is 70.7 cm³/mol. The number of aliphatic hydroxyl groups is 3. The molecule has 0 unspecified atom stereocenters. The quantitative estimate of drug-likeness (QED) is 0.484. The number of rotatable bonds is 5. The van der Waals surface area contributed by atoms with E-state index in [-0.39, 0.29) is 18.1 Å². The number of Topliss-reactive ketones (excluding diaryl/α,β-unsaturated/α-hetero) is 1. The minimum Gasteiger partial charge on any atom is -0.394 e. The number of hydrogen-bond acceptors (Lipinski definition) is 8. The number of aromatic nitrogens is 2. The van der Waals surface area contributed by atoms with E-state index in [9.17, 15) is 19.8 Å². The SMILES string of the molecule is CC(=O)CNc1ccn([C@@H]2O[C@H](CO)[C@@H](O)[C@@H]2O)c(=O)n1. The number of ketones is 1. The Morgan fingerprint density at radius 1 is 1.48 bits per heavy atom. The van der Waals surface area contributed by atoms with Gasteiger partial charge in [0, 0.05) is 6.20 Å². The Balaban J connectivity index is 2.18. The highest BCUT2D eigenvalue weighted by atomic mass is 16.6. The van der Waals surface area contributed by atoms with E-state index in [0.717, 1.165) is 4.57 Å². The molecule has 9 heteroatoms. The Kier molecular flexibility index (Phi) is 4.68. The van der Waals surface area contributed by atoms with Crippen LogP contribution in [0.25, 0.3) is 0 Å². The first kappa shape index (κ1) is 15.6. The molecule has 9 nitrogen and oxygen atoms in total. The average Bonchev–Trinajstić information content (AvgIpc) is 2.73. The highest BCUT2D eigenvalue weighted by molar-refractivity contribution is 5.79. The van der Waals surface area contributed by atoms with Gasteiger partial charge in [0.2, 0.25) is 0 Å². The molecule has 116 valence electrons. The van der Waals surface area contributed by atoms with Gasteiger partial charge in [-0.05, 0) is 13.0 Å². The zero-order valence-electron chi connectivity index (χ0n) is 11.3. The van der Waals surface area contributed by atoms with Gasteiger partial charge < -0.3 is 25.4 Å². The molecule has 1 aliphatic heterocycles. The van der Waals surface area contributed by atoms with Crippen LogP contribution in [0.1, 0.15) is 13.2 Å². The Bertz CT molecular complexity index is 574. The Labute approximate surface area is 119 Å². The highest BCUT2D eigenvalue weighted by Gasteiger charge is 2.43. The van der Waals surface area contributed by atoms with Gasteiger partial charge in [0.25, 0.3) is 0 Å². The molecular formula is C12H17N3O6. The molecule has 2 heterocycles. The van der Waals surface area contributed by atoms with E-state index in [0.29, 0.717) is 0 Å². The molecule has 0 amide bonds. The van der Waals surface area contributed by atoms with Gasteiger partial charge >= 0.3 is 5.69 Å². The maximum Gasteiger partial charge on any atom is 0.351 e. The Morgan fingerprint density at radius 2 is 2.19 bits per heavy atom. The second-order valence-corrected chi connectivity index (χ2v) is 4.79. The lowest BCUT2D eigenvalue weighted by atomic mass is 10.1. The number of anilines is 1. The lowest BCUT2D eigenvalue weighted by Gasteiger charge is -2.17. The second-order valence-electron chi connectivity index (χ2n) is 4.79. The topological polar surface area (TPSA) is 134 Å². The molecule has 1 saturated heterocycles. The third kappa shape index (κ3) is 3.27. The van der Waals surface area contributed by atoms with E-state index < -0.39 is 36.8 Å². The average molecular weight is 299 g/mol. The number of nitrogens with one attached hydrogen (secondary N) is 1. The van der Waals surface area contributed by atoms with Crippen molar-refractivity contribution in [3.8, 4) is 0 Å². The van der Waals surface area contributed by atoms with Crippen molar-refractivity contribution in [3.05, 3.63) is 22.7 Å². The fourth-order valence-corrected chi connectivity index (χ4v) is 2.03. The van der Waals surface area contributed by atoms with E-state index >= 15 is 0 Å². The number of hydrogen-bond donors (Lipinski definition) is 4. The van der Waals surface area contributed by atoms with Crippen molar-refractivity contribution >= 4 is 11.6 Å². The molecule has 0 radical (unpaired) electrons. The van der Waals surface area contributed by atoms with E-state index in [1.165, 1.54) is 19.2 Å². The largest absolute Gasteiger partial charge is 0.394 e. The fourth-order valence-electron chi connectivity index (χ4n) is 2.03. The summed E-state index contributed by atoms with van der Waals surface area (Å²) in [7, 11) is 0. The van der Waals surface area contributed by atoms with Crippen LogP contribution in [0.2, 0.25) is 0 Å². The van der Waals surface area contributed by atoms with Gasteiger partial charge in [-0.1, -0.05) is 0 Å². The highest BCUT2D eigenvalue weighted by Crippen LogP contribution is 2.27. The Hall–Kier alpha value is -1.81. The third-order valence-corrected chi connectivity index (χ3v) is 3.14. The summed E-state index contributed by atoms with van der Waals surface area (Å²) in [5.74, 6) is 0.114. The molecule has 1 aromatic heterocycles. The molecule has 0 bridgehead atoms. The fraction of sp³-hybridized carbons (Fsp3) is 0.583. The molecule has 1 aliphatic rings. The van der Waals surface area contributed by atoms with Crippen LogP contribution < -0.4 is 11.0 Å². The Morgan fingerprint density at radius 3 is 2.71 bits per heavy atom. The monoisotopic (exact) mass is 299 g/mol. The van der Waals surface area contributed by atoms with Gasteiger partial charge in [-0.3, -0.25) is 9.36 Å². The van der Waals surface area contributed by atoms with Crippen molar-refractivity contribution in [2.24, 2.45) is 0 Å². The van der Waals surface area contributed by atoms with Crippen molar-refractivity contribution < 1.29 is 24.9 Å². The van der Waals surface area contributed by atoms with E-state index in [2.05, 4.69) is 10.3 Å². The van der Waals surface area contributed by atoms with E-state index in [4.69, 9.17) is 9.84 Å². The summed E-state index contributed by atoms with van der Waals surface area (Å²) in [4.78, 5) is 26.5. The molecule has 4 atom stereocenters. The number of ether oxygens (including phenoxy) is 1. The molecule has 1 aromatic rings. The molecular weight excluding hydrogens is 282 g/mol. The zero-order valence-corrected chi connectivity index (χ0v) is 11.3. The molecule has 21 heavy (non-hydrogen) atoms. The van der Waals surface area contributed by atoms with Crippen LogP contribution in [0.3, 0.4) is 0 Å². The first-order chi connectivity index (χ1) is 9.93. The van der Waals surface area contributed by atoms with Crippen LogP contribution in [-0.2, 0) is 9.53 Å². The molecule has 4 N–H and O–H groups in total. The smallest absolute Gasteiger partial charge is 0.351 e. The van der Waals surface area contributed by atoms with Crippen LogP contribution in [-0.4, -0.2) is 62.1 Å². The minimum absolute atomic E-state index is 0.0459. The van der Waals surface area contributed by atoms with E-state index in [1.54, 1.807) is 0 Å². The number of carbonyl (C=O) groups is 1. The molecule has 1 fully saturated rings. The normalized spacial score (nSPS) is 28.6. The standard InChI is InChI=1S/C12H17N3O6/c1-6(17)4-13-8-2-3-15(12(20)14-8)11-10(19)9(18)7(5-16)21-11/h2-3,7,9-11,16,18-19H,4-5H2,1H3,(H,13,14,20)/t7-,9-,10+,11-/m1/s1. The van der Waals surface area contributed by atoms with Gasteiger partial charge in [0.05, 0.1) is 13.2 Å². The number of nitrogens with zero attached hydrogens (tertiary/aromatic N) is 2. The lowest BCUT2D eigenvalue weighted by molar-refractivity contribution is -0.115. The lowest BCUT2D eigenvalue weighted by Crippen LogP contribution is -2.36. The van der Waals surface area contributed by atoms with Gasteiger partial charge in [-0.25, -0.2) is 4.79 Å². The summed E-state index contributed by atoms with van der Waals surface area (Å²) in [6.07, 6.45) is -3.40. The minimum atomic E-state index is -1.35. The van der Waals surface area contributed by atoms with Crippen molar-refractivity contribution in [1.82, 2.24) is 9.55 Å². The molecule has 0 aromatic carbocycles. The van der Waals surface area contributed by atoms with Gasteiger partial charge in [0.1, 0.15) is 29.9 Å². The van der Waals surface area contributed by atoms with Crippen LogP contribution >= 0.6 is 0 Å². The van der Waals surface area contributed by atoms with Crippen molar-refractivity contribution in [1.29, 1.82) is 0 Å². The molecule has 0 spiro atoms. The zero-order chi connectivity index (χ0) is 15.6. The summed E-state index contributed by atoms with van der Waals surface area (Å²) in [6.45, 7) is 0.965. The molecule has 0 aliphatic carbocycles. The first-order valence-corrected chi connectivity index (χ1v) is 6.39.